The largest absolute Gasteiger partial charge is 0.374 e. The van der Waals surface area contributed by atoms with Crippen molar-refractivity contribution < 1.29 is 9.53 Å². The molecular weight excluding hydrogens is 302 g/mol. The molecule has 2 aromatic rings. The number of ether oxygens (including phenoxy) is 1. The average molecular weight is 325 g/mol. The Kier molecular flexibility index (Phi) is 5.20. The van der Waals surface area contributed by atoms with E-state index in [0.29, 0.717) is 25.3 Å². The molecule has 1 unspecified atom stereocenters. The van der Waals surface area contributed by atoms with Crippen LogP contribution in [-0.4, -0.2) is 46.6 Å². The molecular formula is C19H23N3O2. The first-order chi connectivity index (χ1) is 11.6. The smallest absolute Gasteiger partial charge is 0.257 e. The molecule has 0 N–H and O–H groups in total. The molecule has 3 rings (SSSR count). The minimum atomic E-state index is 0.000613. The van der Waals surface area contributed by atoms with Crippen molar-refractivity contribution in [3.8, 4) is 0 Å². The summed E-state index contributed by atoms with van der Waals surface area (Å²) >= 11 is 0. The zero-order valence-corrected chi connectivity index (χ0v) is 14.2. The molecule has 1 atom stereocenters. The van der Waals surface area contributed by atoms with Crippen LogP contribution in [0.15, 0.2) is 42.9 Å². The van der Waals surface area contributed by atoms with Gasteiger partial charge in [0.05, 0.1) is 24.0 Å². The van der Waals surface area contributed by atoms with Crippen molar-refractivity contribution in [1.29, 1.82) is 0 Å². The molecule has 1 amide bonds. The maximum Gasteiger partial charge on any atom is 0.257 e. The maximum absolute atomic E-state index is 12.9. The molecule has 1 aromatic carbocycles. The van der Waals surface area contributed by atoms with Gasteiger partial charge in [-0.3, -0.25) is 4.79 Å². The van der Waals surface area contributed by atoms with Gasteiger partial charge in [0.25, 0.3) is 5.91 Å². The van der Waals surface area contributed by atoms with Gasteiger partial charge in [-0.05, 0) is 11.5 Å². The number of carbonyl (C=O) groups is 1. The van der Waals surface area contributed by atoms with Crippen LogP contribution < -0.4 is 0 Å². The van der Waals surface area contributed by atoms with E-state index in [1.54, 1.807) is 6.20 Å². The van der Waals surface area contributed by atoms with Crippen LogP contribution in [0.1, 0.15) is 41.4 Å². The van der Waals surface area contributed by atoms with E-state index in [-0.39, 0.29) is 17.9 Å². The second kappa shape index (κ2) is 7.53. The molecule has 0 radical (unpaired) electrons. The van der Waals surface area contributed by atoms with Gasteiger partial charge in [-0.1, -0.05) is 44.2 Å². The summed E-state index contributed by atoms with van der Waals surface area (Å²) in [5.74, 6) is 0.189. The van der Waals surface area contributed by atoms with Crippen LogP contribution in [0, 0.1) is 0 Å². The fourth-order valence-corrected chi connectivity index (χ4v) is 3.04. The van der Waals surface area contributed by atoms with Crippen LogP contribution in [0.2, 0.25) is 0 Å². The molecule has 126 valence electrons. The molecule has 0 spiro atoms. The lowest BCUT2D eigenvalue weighted by molar-refractivity contribution is -0.0209. The van der Waals surface area contributed by atoms with Crippen molar-refractivity contribution in [2.24, 2.45) is 0 Å². The normalized spacial score (nSPS) is 18.0. The van der Waals surface area contributed by atoms with Crippen LogP contribution in [-0.2, 0) is 11.2 Å². The number of rotatable bonds is 4. The third-order valence-corrected chi connectivity index (χ3v) is 4.25. The summed E-state index contributed by atoms with van der Waals surface area (Å²) in [5.41, 5.74) is 2.64. The Labute approximate surface area is 142 Å². The summed E-state index contributed by atoms with van der Waals surface area (Å²) in [4.78, 5) is 23.1. The lowest BCUT2D eigenvalue weighted by Crippen LogP contribution is -2.46. The number of morpholine rings is 1. The highest BCUT2D eigenvalue weighted by Gasteiger charge is 2.27. The molecule has 1 aliphatic rings. The van der Waals surface area contributed by atoms with Crippen LogP contribution in [0.3, 0.4) is 0 Å². The van der Waals surface area contributed by atoms with E-state index >= 15 is 0 Å². The molecule has 1 aromatic heterocycles. The number of benzene rings is 1. The molecule has 0 saturated carbocycles. The molecule has 5 nitrogen and oxygen atoms in total. The van der Waals surface area contributed by atoms with Crippen LogP contribution in [0.4, 0.5) is 0 Å². The standard InChI is InChI=1S/C19H23N3O2/c1-14(2)18-17(11-20-13-21-18)19(23)22-8-9-24-16(12-22)10-15-6-4-3-5-7-15/h3-7,11,13-14,16H,8-10,12H2,1-2H3. The van der Waals surface area contributed by atoms with Gasteiger partial charge >= 0.3 is 0 Å². The van der Waals surface area contributed by atoms with Crippen molar-refractivity contribution in [3.63, 3.8) is 0 Å². The monoisotopic (exact) mass is 325 g/mol. The first kappa shape index (κ1) is 16.6. The average Bonchev–Trinajstić information content (AvgIpc) is 2.62. The van der Waals surface area contributed by atoms with Gasteiger partial charge in [0.1, 0.15) is 6.33 Å². The summed E-state index contributed by atoms with van der Waals surface area (Å²) in [6, 6.07) is 10.2. The van der Waals surface area contributed by atoms with E-state index in [0.717, 1.165) is 12.1 Å². The number of hydrogen-bond donors (Lipinski definition) is 0. The first-order valence-corrected chi connectivity index (χ1v) is 8.40. The fourth-order valence-electron chi connectivity index (χ4n) is 3.04. The second-order valence-electron chi connectivity index (χ2n) is 6.41. The summed E-state index contributed by atoms with van der Waals surface area (Å²) in [6.45, 7) is 5.85. The molecule has 24 heavy (non-hydrogen) atoms. The van der Waals surface area contributed by atoms with Crippen molar-refractivity contribution in [2.45, 2.75) is 32.3 Å². The Morgan fingerprint density at radius 3 is 2.88 bits per heavy atom. The summed E-state index contributed by atoms with van der Waals surface area (Å²) in [7, 11) is 0. The summed E-state index contributed by atoms with van der Waals surface area (Å²) in [5, 5.41) is 0. The van der Waals surface area contributed by atoms with E-state index in [4.69, 9.17) is 4.74 Å². The van der Waals surface area contributed by atoms with Gasteiger partial charge in [0.2, 0.25) is 0 Å². The topological polar surface area (TPSA) is 55.3 Å². The summed E-state index contributed by atoms with van der Waals surface area (Å²) < 4.78 is 5.85. The number of carbonyl (C=O) groups excluding carboxylic acids is 1. The van der Waals surface area contributed by atoms with E-state index in [2.05, 4.69) is 22.1 Å². The molecule has 5 heteroatoms. The van der Waals surface area contributed by atoms with E-state index < -0.39 is 0 Å². The van der Waals surface area contributed by atoms with Crippen molar-refractivity contribution in [2.75, 3.05) is 19.7 Å². The molecule has 1 fully saturated rings. The van der Waals surface area contributed by atoms with Crippen LogP contribution in [0.25, 0.3) is 0 Å². The van der Waals surface area contributed by atoms with Gasteiger partial charge in [-0.25, -0.2) is 9.97 Å². The highest BCUT2D eigenvalue weighted by atomic mass is 16.5. The SMILES string of the molecule is CC(C)c1ncncc1C(=O)N1CCOC(Cc2ccccc2)C1. The van der Waals surface area contributed by atoms with Gasteiger partial charge in [0.15, 0.2) is 0 Å². The van der Waals surface area contributed by atoms with Gasteiger partial charge in [0, 0.05) is 25.7 Å². The number of hydrogen-bond acceptors (Lipinski definition) is 4. The van der Waals surface area contributed by atoms with Gasteiger partial charge < -0.3 is 9.64 Å². The molecule has 2 heterocycles. The fraction of sp³-hybridized carbons (Fsp3) is 0.421. The Morgan fingerprint density at radius 1 is 1.33 bits per heavy atom. The van der Waals surface area contributed by atoms with Crippen molar-refractivity contribution in [1.82, 2.24) is 14.9 Å². The highest BCUT2D eigenvalue weighted by molar-refractivity contribution is 5.95. The molecule has 0 bridgehead atoms. The number of aromatic nitrogens is 2. The Balaban J connectivity index is 1.72. The second-order valence-corrected chi connectivity index (χ2v) is 6.41. The maximum atomic E-state index is 12.9. The van der Waals surface area contributed by atoms with Crippen molar-refractivity contribution >= 4 is 5.91 Å². The molecule has 0 aliphatic carbocycles. The van der Waals surface area contributed by atoms with E-state index in [9.17, 15) is 4.79 Å². The predicted octanol–water partition coefficient (Wildman–Crippen LogP) is 2.68. The number of amides is 1. The van der Waals surface area contributed by atoms with Gasteiger partial charge in [-0.15, -0.1) is 0 Å². The van der Waals surface area contributed by atoms with Crippen LogP contribution >= 0.6 is 0 Å². The third-order valence-electron chi connectivity index (χ3n) is 4.25. The zero-order chi connectivity index (χ0) is 16.9. The van der Waals surface area contributed by atoms with E-state index in [1.165, 1.54) is 11.9 Å². The van der Waals surface area contributed by atoms with Crippen molar-refractivity contribution in [3.05, 3.63) is 59.7 Å². The minimum Gasteiger partial charge on any atom is -0.374 e. The predicted molar refractivity (Wildman–Crippen MR) is 91.9 cm³/mol. The first-order valence-electron chi connectivity index (χ1n) is 8.40. The molecule has 1 aliphatic heterocycles. The van der Waals surface area contributed by atoms with E-state index in [1.807, 2.05) is 36.9 Å². The lowest BCUT2D eigenvalue weighted by Gasteiger charge is -2.33. The third kappa shape index (κ3) is 3.79. The number of nitrogens with zero attached hydrogens (tertiary/aromatic N) is 3. The highest BCUT2D eigenvalue weighted by Crippen LogP contribution is 2.19. The Bertz CT molecular complexity index is 688. The quantitative estimate of drug-likeness (QED) is 0.867. The summed E-state index contributed by atoms with van der Waals surface area (Å²) in [6.07, 6.45) is 3.97. The molecule has 1 saturated heterocycles. The lowest BCUT2D eigenvalue weighted by atomic mass is 10.0. The zero-order valence-electron chi connectivity index (χ0n) is 14.2. The Morgan fingerprint density at radius 2 is 2.12 bits per heavy atom. The minimum absolute atomic E-state index is 0.000613. The van der Waals surface area contributed by atoms with Gasteiger partial charge in [-0.2, -0.15) is 0 Å². The van der Waals surface area contributed by atoms with Crippen LogP contribution in [0.5, 0.6) is 0 Å². The Hall–Kier alpha value is -2.27.